The summed E-state index contributed by atoms with van der Waals surface area (Å²) >= 11 is 0. The molecule has 1 aliphatic heterocycles. The second-order valence-corrected chi connectivity index (χ2v) is 4.87. The van der Waals surface area contributed by atoms with Crippen LogP contribution < -0.4 is 4.90 Å². The average Bonchev–Trinajstić information content (AvgIpc) is 2.34. The highest BCUT2D eigenvalue weighted by Gasteiger charge is 2.20. The van der Waals surface area contributed by atoms with E-state index in [0.29, 0.717) is 6.42 Å². The second kappa shape index (κ2) is 5.35. The minimum Gasteiger partial charge on any atom is -0.315 e. The lowest BCUT2D eigenvalue weighted by molar-refractivity contribution is -0.118. The standard InChI is InChI=1S/C15H21NO/c1-3-4-5-6-12-7-9-14-13(11-12)8-10-15(17)16(14)2/h7,9,11H,3-6,8,10H2,1-2H3. The van der Waals surface area contributed by atoms with Crippen molar-refractivity contribution in [3.8, 4) is 0 Å². The first-order valence-corrected chi connectivity index (χ1v) is 6.60. The predicted molar refractivity (Wildman–Crippen MR) is 71.4 cm³/mol. The Balaban J connectivity index is 2.12. The predicted octanol–water partition coefficient (Wildman–Crippen LogP) is 3.33. The summed E-state index contributed by atoms with van der Waals surface area (Å²) in [6.45, 7) is 2.23. The molecule has 2 heteroatoms. The van der Waals surface area contributed by atoms with E-state index in [-0.39, 0.29) is 5.91 Å². The lowest BCUT2D eigenvalue weighted by Gasteiger charge is -2.26. The van der Waals surface area contributed by atoms with Crippen LogP contribution in [0.5, 0.6) is 0 Å². The zero-order chi connectivity index (χ0) is 12.3. The Bertz CT molecular complexity index is 411. The van der Waals surface area contributed by atoms with E-state index in [2.05, 4.69) is 25.1 Å². The minimum atomic E-state index is 0.233. The molecule has 1 aromatic rings. The summed E-state index contributed by atoms with van der Waals surface area (Å²) in [5.74, 6) is 0.233. The van der Waals surface area contributed by atoms with Gasteiger partial charge in [0.25, 0.3) is 0 Å². The molecule has 0 radical (unpaired) electrons. The Morgan fingerprint density at radius 1 is 1.24 bits per heavy atom. The highest BCUT2D eigenvalue weighted by Crippen LogP contribution is 2.27. The Morgan fingerprint density at radius 3 is 2.82 bits per heavy atom. The number of carbonyl (C=O) groups is 1. The molecule has 2 nitrogen and oxygen atoms in total. The van der Waals surface area contributed by atoms with Crippen molar-refractivity contribution in [1.82, 2.24) is 0 Å². The zero-order valence-electron chi connectivity index (χ0n) is 10.8. The molecule has 1 amide bonds. The van der Waals surface area contributed by atoms with Gasteiger partial charge in [-0.25, -0.2) is 0 Å². The monoisotopic (exact) mass is 231 g/mol. The van der Waals surface area contributed by atoms with Crippen molar-refractivity contribution in [1.29, 1.82) is 0 Å². The van der Waals surface area contributed by atoms with Crippen molar-refractivity contribution >= 4 is 11.6 Å². The Kier molecular flexibility index (Phi) is 3.82. The molecule has 92 valence electrons. The van der Waals surface area contributed by atoms with Gasteiger partial charge < -0.3 is 4.90 Å². The molecule has 1 heterocycles. The van der Waals surface area contributed by atoms with Crippen LogP contribution in [0.3, 0.4) is 0 Å². The van der Waals surface area contributed by atoms with Crippen LogP contribution in [0.1, 0.15) is 43.7 Å². The highest BCUT2D eigenvalue weighted by atomic mass is 16.2. The molecular formula is C15H21NO. The molecule has 0 fully saturated rings. The smallest absolute Gasteiger partial charge is 0.227 e. The maximum atomic E-state index is 11.6. The van der Waals surface area contributed by atoms with Crippen molar-refractivity contribution in [2.24, 2.45) is 0 Å². The number of unbranched alkanes of at least 4 members (excludes halogenated alkanes) is 2. The van der Waals surface area contributed by atoms with Gasteiger partial charge in [0.2, 0.25) is 5.91 Å². The van der Waals surface area contributed by atoms with E-state index in [1.165, 1.54) is 36.8 Å². The third-order valence-electron chi connectivity index (χ3n) is 3.56. The van der Waals surface area contributed by atoms with E-state index in [9.17, 15) is 4.79 Å². The molecule has 0 saturated carbocycles. The number of fused-ring (bicyclic) bond motifs is 1. The van der Waals surface area contributed by atoms with Crippen molar-refractivity contribution in [2.45, 2.75) is 45.4 Å². The van der Waals surface area contributed by atoms with Gasteiger partial charge in [0.05, 0.1) is 0 Å². The van der Waals surface area contributed by atoms with Crippen LogP contribution in [-0.2, 0) is 17.6 Å². The minimum absolute atomic E-state index is 0.233. The van der Waals surface area contributed by atoms with Gasteiger partial charge in [-0.15, -0.1) is 0 Å². The number of hydrogen-bond donors (Lipinski definition) is 0. The van der Waals surface area contributed by atoms with Gasteiger partial charge in [-0.1, -0.05) is 31.9 Å². The fourth-order valence-corrected chi connectivity index (χ4v) is 2.44. The number of nitrogens with zero attached hydrogens (tertiary/aromatic N) is 1. The van der Waals surface area contributed by atoms with E-state index >= 15 is 0 Å². The molecule has 0 N–H and O–H groups in total. The van der Waals surface area contributed by atoms with E-state index in [0.717, 1.165) is 12.1 Å². The molecule has 1 aromatic carbocycles. The zero-order valence-corrected chi connectivity index (χ0v) is 10.8. The maximum absolute atomic E-state index is 11.6. The summed E-state index contributed by atoms with van der Waals surface area (Å²) in [4.78, 5) is 13.4. The summed E-state index contributed by atoms with van der Waals surface area (Å²) in [7, 11) is 1.87. The van der Waals surface area contributed by atoms with Gasteiger partial charge >= 0.3 is 0 Å². The number of aryl methyl sites for hydroxylation is 2. The maximum Gasteiger partial charge on any atom is 0.227 e. The lowest BCUT2D eigenvalue weighted by atomic mass is 9.97. The molecule has 17 heavy (non-hydrogen) atoms. The first-order chi connectivity index (χ1) is 8.22. The second-order valence-electron chi connectivity index (χ2n) is 4.87. The van der Waals surface area contributed by atoms with Gasteiger partial charge in [0.15, 0.2) is 0 Å². The van der Waals surface area contributed by atoms with Crippen molar-refractivity contribution in [3.63, 3.8) is 0 Å². The highest BCUT2D eigenvalue weighted by molar-refractivity contribution is 5.95. The molecule has 0 unspecified atom stereocenters. The molecular weight excluding hydrogens is 210 g/mol. The average molecular weight is 231 g/mol. The largest absolute Gasteiger partial charge is 0.315 e. The topological polar surface area (TPSA) is 20.3 Å². The van der Waals surface area contributed by atoms with Gasteiger partial charge in [0, 0.05) is 19.2 Å². The van der Waals surface area contributed by atoms with E-state index in [1.54, 1.807) is 4.90 Å². The number of carbonyl (C=O) groups excluding carboxylic acids is 1. The SMILES string of the molecule is CCCCCc1ccc2c(c1)CCC(=O)N2C. The lowest BCUT2D eigenvalue weighted by Crippen LogP contribution is -2.31. The van der Waals surface area contributed by atoms with E-state index in [1.807, 2.05) is 7.05 Å². The molecule has 0 bridgehead atoms. The van der Waals surface area contributed by atoms with Gasteiger partial charge in [0.1, 0.15) is 0 Å². The number of hydrogen-bond acceptors (Lipinski definition) is 1. The molecule has 0 spiro atoms. The van der Waals surface area contributed by atoms with Crippen LogP contribution in [-0.4, -0.2) is 13.0 Å². The number of benzene rings is 1. The first-order valence-electron chi connectivity index (χ1n) is 6.60. The molecule has 0 aromatic heterocycles. The quantitative estimate of drug-likeness (QED) is 0.728. The summed E-state index contributed by atoms with van der Waals surface area (Å²) in [6, 6.07) is 6.56. The van der Waals surface area contributed by atoms with E-state index < -0.39 is 0 Å². The number of amides is 1. The first kappa shape index (κ1) is 12.2. The number of rotatable bonds is 4. The fourth-order valence-electron chi connectivity index (χ4n) is 2.44. The Morgan fingerprint density at radius 2 is 2.06 bits per heavy atom. The van der Waals surface area contributed by atoms with Crippen LogP contribution >= 0.6 is 0 Å². The normalized spacial score (nSPS) is 14.9. The van der Waals surface area contributed by atoms with Gasteiger partial charge in [-0.05, 0) is 36.5 Å². The Labute approximate surface area is 104 Å². The molecule has 0 saturated heterocycles. The van der Waals surface area contributed by atoms with E-state index in [4.69, 9.17) is 0 Å². The van der Waals surface area contributed by atoms with Crippen LogP contribution in [0.4, 0.5) is 5.69 Å². The van der Waals surface area contributed by atoms with Crippen LogP contribution in [0.25, 0.3) is 0 Å². The van der Waals surface area contributed by atoms with Gasteiger partial charge in [-0.2, -0.15) is 0 Å². The van der Waals surface area contributed by atoms with Crippen LogP contribution in [0.2, 0.25) is 0 Å². The molecule has 1 aliphatic rings. The van der Waals surface area contributed by atoms with Crippen molar-refractivity contribution < 1.29 is 4.79 Å². The van der Waals surface area contributed by atoms with Crippen molar-refractivity contribution in [3.05, 3.63) is 29.3 Å². The summed E-state index contributed by atoms with van der Waals surface area (Å²) in [5, 5.41) is 0. The number of anilines is 1. The summed E-state index contributed by atoms with van der Waals surface area (Å²) in [5.41, 5.74) is 3.85. The van der Waals surface area contributed by atoms with Crippen molar-refractivity contribution in [2.75, 3.05) is 11.9 Å². The summed E-state index contributed by atoms with van der Waals surface area (Å²) < 4.78 is 0. The third kappa shape index (κ3) is 2.68. The molecule has 2 rings (SSSR count). The van der Waals surface area contributed by atoms with Gasteiger partial charge in [-0.3, -0.25) is 4.79 Å². The Hall–Kier alpha value is -1.31. The fraction of sp³-hybridized carbons (Fsp3) is 0.533. The molecule has 0 aliphatic carbocycles. The van der Waals surface area contributed by atoms with Crippen LogP contribution in [0, 0.1) is 0 Å². The third-order valence-corrected chi connectivity index (χ3v) is 3.56. The summed E-state index contributed by atoms with van der Waals surface area (Å²) in [6.07, 6.45) is 6.56. The van der Waals surface area contributed by atoms with Crippen LogP contribution in [0.15, 0.2) is 18.2 Å². The molecule has 0 atom stereocenters.